The number of nitrogens with one attached hydrogen (secondary N) is 1. The van der Waals surface area contributed by atoms with E-state index in [0.717, 1.165) is 12.8 Å². The van der Waals surface area contributed by atoms with Crippen LogP contribution in [0.4, 0.5) is 0 Å². The van der Waals surface area contributed by atoms with Crippen LogP contribution in [0.15, 0.2) is 29.2 Å². The highest BCUT2D eigenvalue weighted by atomic mass is 32.2. The SMILES string of the molecule is CC1CC(C)CC(NS(=O)(=O)c2ccc(C(N)=S)cc2)C1. The second-order valence-corrected chi connectivity index (χ2v) is 8.28. The summed E-state index contributed by atoms with van der Waals surface area (Å²) in [5, 5.41) is 0. The van der Waals surface area contributed by atoms with E-state index >= 15 is 0 Å². The number of benzene rings is 1. The molecule has 4 nitrogen and oxygen atoms in total. The first-order valence-corrected chi connectivity index (χ1v) is 9.09. The summed E-state index contributed by atoms with van der Waals surface area (Å²) in [5.74, 6) is 1.11. The number of hydrogen-bond acceptors (Lipinski definition) is 3. The molecule has 1 aromatic rings. The Morgan fingerprint density at radius 1 is 1.14 bits per heavy atom. The summed E-state index contributed by atoms with van der Waals surface area (Å²) in [4.78, 5) is 0.523. The van der Waals surface area contributed by atoms with Crippen LogP contribution < -0.4 is 10.5 Å². The van der Waals surface area contributed by atoms with Gasteiger partial charge in [0, 0.05) is 11.6 Å². The molecule has 1 aromatic carbocycles. The summed E-state index contributed by atoms with van der Waals surface area (Å²) in [5.41, 5.74) is 6.19. The highest BCUT2D eigenvalue weighted by Gasteiger charge is 2.27. The van der Waals surface area contributed by atoms with E-state index in [1.165, 1.54) is 6.42 Å². The predicted octanol–water partition coefficient (Wildman–Crippen LogP) is 2.42. The molecule has 0 heterocycles. The Morgan fingerprint density at radius 3 is 2.14 bits per heavy atom. The smallest absolute Gasteiger partial charge is 0.240 e. The molecule has 116 valence electrons. The molecule has 1 aliphatic rings. The zero-order valence-electron chi connectivity index (χ0n) is 12.4. The van der Waals surface area contributed by atoms with Gasteiger partial charge in [-0.1, -0.05) is 38.2 Å². The molecule has 0 amide bonds. The highest BCUT2D eigenvalue weighted by molar-refractivity contribution is 7.89. The van der Waals surface area contributed by atoms with E-state index < -0.39 is 10.0 Å². The van der Waals surface area contributed by atoms with Crippen LogP contribution in [0.5, 0.6) is 0 Å². The maximum absolute atomic E-state index is 12.4. The molecular weight excluding hydrogens is 304 g/mol. The predicted molar refractivity (Wildman–Crippen MR) is 88.6 cm³/mol. The van der Waals surface area contributed by atoms with Crippen LogP contribution in [-0.4, -0.2) is 19.4 Å². The number of thiocarbonyl (C=S) groups is 1. The van der Waals surface area contributed by atoms with Gasteiger partial charge in [-0.3, -0.25) is 0 Å². The lowest BCUT2D eigenvalue weighted by atomic mass is 9.81. The lowest BCUT2D eigenvalue weighted by Gasteiger charge is -2.31. The Bertz CT molecular complexity index is 601. The average molecular weight is 326 g/mol. The second-order valence-electron chi connectivity index (χ2n) is 6.12. The summed E-state index contributed by atoms with van der Waals surface area (Å²) < 4.78 is 27.7. The molecular formula is C15H22N2O2S2. The number of hydrogen-bond donors (Lipinski definition) is 2. The molecule has 1 aliphatic carbocycles. The fourth-order valence-corrected chi connectivity index (χ4v) is 4.53. The zero-order chi connectivity index (χ0) is 15.6. The van der Waals surface area contributed by atoms with Gasteiger partial charge in [-0.15, -0.1) is 0 Å². The Labute approximate surface area is 132 Å². The van der Waals surface area contributed by atoms with Crippen LogP contribution in [0.3, 0.4) is 0 Å². The standard InChI is InChI=1S/C15H22N2O2S2/c1-10-7-11(2)9-13(8-10)17-21(18,19)14-5-3-12(4-6-14)15(16)20/h3-6,10-11,13,17H,7-9H2,1-2H3,(H2,16,20). The van der Waals surface area contributed by atoms with Crippen molar-refractivity contribution in [2.75, 3.05) is 0 Å². The van der Waals surface area contributed by atoms with E-state index in [9.17, 15) is 8.42 Å². The van der Waals surface area contributed by atoms with Gasteiger partial charge >= 0.3 is 0 Å². The minimum Gasteiger partial charge on any atom is -0.389 e. The van der Waals surface area contributed by atoms with Gasteiger partial charge in [-0.2, -0.15) is 0 Å². The summed E-state index contributed by atoms with van der Waals surface area (Å²) >= 11 is 4.87. The molecule has 2 rings (SSSR count). The Hall–Kier alpha value is -0.980. The first kappa shape index (κ1) is 16.4. The van der Waals surface area contributed by atoms with Gasteiger partial charge < -0.3 is 5.73 Å². The highest BCUT2D eigenvalue weighted by Crippen LogP contribution is 2.29. The lowest BCUT2D eigenvalue weighted by Crippen LogP contribution is -2.39. The topological polar surface area (TPSA) is 72.2 Å². The van der Waals surface area contributed by atoms with Gasteiger partial charge in [-0.25, -0.2) is 13.1 Å². The van der Waals surface area contributed by atoms with E-state index in [2.05, 4.69) is 18.6 Å². The van der Waals surface area contributed by atoms with Crippen LogP contribution in [0, 0.1) is 11.8 Å². The van der Waals surface area contributed by atoms with E-state index in [4.69, 9.17) is 18.0 Å². The number of rotatable bonds is 4. The van der Waals surface area contributed by atoms with Crippen LogP contribution in [0.25, 0.3) is 0 Å². The third-order valence-electron chi connectivity index (χ3n) is 3.95. The van der Waals surface area contributed by atoms with E-state index in [-0.39, 0.29) is 15.9 Å². The molecule has 0 bridgehead atoms. The quantitative estimate of drug-likeness (QED) is 0.834. The van der Waals surface area contributed by atoms with Gasteiger partial charge in [0.25, 0.3) is 0 Å². The summed E-state index contributed by atoms with van der Waals surface area (Å²) in [6, 6.07) is 6.40. The van der Waals surface area contributed by atoms with E-state index in [0.29, 0.717) is 17.4 Å². The molecule has 0 aromatic heterocycles. The Balaban J connectivity index is 2.12. The van der Waals surface area contributed by atoms with Crippen molar-refractivity contribution < 1.29 is 8.42 Å². The second kappa shape index (κ2) is 6.42. The number of nitrogens with two attached hydrogens (primary N) is 1. The summed E-state index contributed by atoms with van der Waals surface area (Å²) in [6.07, 6.45) is 2.96. The van der Waals surface area contributed by atoms with Crippen LogP contribution in [-0.2, 0) is 10.0 Å². The summed E-state index contributed by atoms with van der Waals surface area (Å²) in [6.45, 7) is 4.35. The molecule has 1 saturated carbocycles. The van der Waals surface area contributed by atoms with Gasteiger partial charge in [-0.05, 0) is 43.2 Å². The van der Waals surface area contributed by atoms with Crippen LogP contribution >= 0.6 is 12.2 Å². The molecule has 21 heavy (non-hydrogen) atoms. The number of sulfonamides is 1. The van der Waals surface area contributed by atoms with Gasteiger partial charge in [0.2, 0.25) is 10.0 Å². The average Bonchev–Trinajstić information content (AvgIpc) is 2.37. The minimum atomic E-state index is -3.48. The Kier molecular flexibility index (Phi) is 5.01. The van der Waals surface area contributed by atoms with Crippen molar-refractivity contribution >= 4 is 27.2 Å². The zero-order valence-corrected chi connectivity index (χ0v) is 14.0. The first-order valence-electron chi connectivity index (χ1n) is 7.20. The maximum atomic E-state index is 12.4. The van der Waals surface area contributed by atoms with Crippen LogP contribution in [0.2, 0.25) is 0 Å². The lowest BCUT2D eigenvalue weighted by molar-refractivity contribution is 0.257. The van der Waals surface area contributed by atoms with Crippen molar-refractivity contribution in [2.45, 2.75) is 44.0 Å². The fourth-order valence-electron chi connectivity index (χ4n) is 3.13. The monoisotopic (exact) mass is 326 g/mol. The molecule has 0 aliphatic heterocycles. The third-order valence-corrected chi connectivity index (χ3v) is 5.72. The molecule has 2 atom stereocenters. The molecule has 6 heteroatoms. The molecule has 0 saturated heterocycles. The van der Waals surface area contributed by atoms with E-state index in [1.807, 2.05) is 0 Å². The largest absolute Gasteiger partial charge is 0.389 e. The van der Waals surface area contributed by atoms with Crippen molar-refractivity contribution in [3.63, 3.8) is 0 Å². The molecule has 0 radical (unpaired) electrons. The third kappa shape index (κ3) is 4.25. The van der Waals surface area contributed by atoms with Crippen molar-refractivity contribution in [3.8, 4) is 0 Å². The molecule has 3 N–H and O–H groups in total. The molecule has 1 fully saturated rings. The Morgan fingerprint density at radius 2 is 1.67 bits per heavy atom. The van der Waals surface area contributed by atoms with Crippen molar-refractivity contribution in [2.24, 2.45) is 17.6 Å². The first-order chi connectivity index (χ1) is 9.78. The van der Waals surface area contributed by atoms with Gasteiger partial charge in [0.15, 0.2) is 0 Å². The maximum Gasteiger partial charge on any atom is 0.240 e. The van der Waals surface area contributed by atoms with Gasteiger partial charge in [0.1, 0.15) is 4.99 Å². The minimum absolute atomic E-state index is 0.0176. The van der Waals surface area contributed by atoms with Crippen LogP contribution in [0.1, 0.15) is 38.7 Å². The van der Waals surface area contributed by atoms with Crippen molar-refractivity contribution in [1.29, 1.82) is 0 Å². The normalized spacial score (nSPS) is 26.5. The van der Waals surface area contributed by atoms with E-state index in [1.54, 1.807) is 24.3 Å². The molecule has 0 spiro atoms. The van der Waals surface area contributed by atoms with Crippen molar-refractivity contribution in [1.82, 2.24) is 4.72 Å². The fraction of sp³-hybridized carbons (Fsp3) is 0.533. The molecule has 2 unspecified atom stereocenters. The van der Waals surface area contributed by atoms with Gasteiger partial charge in [0.05, 0.1) is 4.90 Å². The summed E-state index contributed by atoms with van der Waals surface area (Å²) in [7, 11) is -3.48. The van der Waals surface area contributed by atoms with Crippen molar-refractivity contribution in [3.05, 3.63) is 29.8 Å².